The van der Waals surface area contributed by atoms with Crippen molar-refractivity contribution in [2.45, 2.75) is 52.9 Å². The number of carboxylic acids is 1. The largest absolute Gasteiger partial charge is 0.478 e. The second kappa shape index (κ2) is 11.6. The number of aromatic amines is 1. The zero-order chi connectivity index (χ0) is 29.4. The van der Waals surface area contributed by atoms with Gasteiger partial charge in [0.1, 0.15) is 17.1 Å². The Morgan fingerprint density at radius 2 is 1.86 bits per heavy atom. The highest BCUT2D eigenvalue weighted by Gasteiger charge is 2.30. The summed E-state index contributed by atoms with van der Waals surface area (Å²) in [6.45, 7) is 14.1. The lowest BCUT2D eigenvalue weighted by molar-refractivity contribution is 0.0694. The molecule has 2 aromatic carbocycles. The van der Waals surface area contributed by atoms with Crippen molar-refractivity contribution in [3.63, 3.8) is 0 Å². The number of allylic oxidation sites excluding steroid dienone is 1. The molecule has 1 aliphatic carbocycles. The third kappa shape index (κ3) is 6.13. The Balaban J connectivity index is 1.16. The molecule has 7 heteroatoms. The van der Waals surface area contributed by atoms with Crippen molar-refractivity contribution in [3.05, 3.63) is 81.7 Å². The maximum absolute atomic E-state index is 12.0. The Hall–Kier alpha value is -3.55. The highest BCUT2D eigenvalue weighted by atomic mass is 32.1. The zero-order valence-electron chi connectivity index (χ0n) is 25.1. The molecule has 4 aromatic rings. The topological polar surface area (TPSA) is 68.8 Å². The number of nitrogens with one attached hydrogen (secondary N) is 1. The van der Waals surface area contributed by atoms with Crippen molar-refractivity contribution in [2.24, 2.45) is 5.41 Å². The van der Waals surface area contributed by atoms with Crippen LogP contribution < -0.4 is 9.64 Å². The quantitative estimate of drug-likeness (QED) is 0.217. The van der Waals surface area contributed by atoms with E-state index < -0.39 is 5.97 Å². The van der Waals surface area contributed by atoms with E-state index in [4.69, 9.17) is 4.74 Å². The molecule has 6 rings (SSSR count). The Morgan fingerprint density at radius 3 is 2.60 bits per heavy atom. The van der Waals surface area contributed by atoms with Crippen molar-refractivity contribution < 1.29 is 14.6 Å². The first kappa shape index (κ1) is 28.6. The monoisotopic (exact) mass is 583 g/mol. The standard InChI is InChI=1S/C35H41N3O3S/c1-23(2)32-9-10-33(42-32)29-21-35(3,4)13-11-25(29)22-37-15-17-38(18-16-37)26-5-7-28(34(39)40)31(20-26)41-27-6-8-30-24(19-27)12-14-36-30/h5-10,12,14,19-20,23,36H,11,13,15-18,21-22H2,1-4H3,(H,39,40). The number of carboxylic acid groups (broad SMARTS) is 1. The van der Waals surface area contributed by atoms with Gasteiger partial charge in [-0.25, -0.2) is 4.79 Å². The van der Waals surface area contributed by atoms with Crippen LogP contribution in [-0.4, -0.2) is 53.7 Å². The molecule has 0 radical (unpaired) electrons. The average molecular weight is 584 g/mol. The third-order valence-corrected chi connectivity index (χ3v) is 10.2. The minimum Gasteiger partial charge on any atom is -0.478 e. The minimum atomic E-state index is -0.991. The number of thiophene rings is 1. The lowest BCUT2D eigenvalue weighted by Gasteiger charge is -2.39. The molecule has 3 heterocycles. The van der Waals surface area contributed by atoms with Crippen LogP contribution in [-0.2, 0) is 0 Å². The summed E-state index contributed by atoms with van der Waals surface area (Å²) in [6.07, 6.45) is 5.44. The summed E-state index contributed by atoms with van der Waals surface area (Å²) in [5.41, 5.74) is 5.71. The minimum absolute atomic E-state index is 0.167. The molecule has 0 atom stereocenters. The van der Waals surface area contributed by atoms with Gasteiger partial charge in [0.2, 0.25) is 0 Å². The van der Waals surface area contributed by atoms with Crippen molar-refractivity contribution in [3.8, 4) is 11.5 Å². The normalized spacial score (nSPS) is 17.8. The fraction of sp³-hybridized carbons (Fsp3) is 0.400. The van der Waals surface area contributed by atoms with Crippen LogP contribution in [0, 0.1) is 5.41 Å². The van der Waals surface area contributed by atoms with Crippen LogP contribution in [0.25, 0.3) is 16.5 Å². The lowest BCUT2D eigenvalue weighted by Crippen LogP contribution is -2.47. The maximum Gasteiger partial charge on any atom is 0.339 e. The second-order valence-electron chi connectivity index (χ2n) is 12.9. The summed E-state index contributed by atoms with van der Waals surface area (Å²) in [7, 11) is 0. The first-order valence-electron chi connectivity index (χ1n) is 15.1. The van der Waals surface area contributed by atoms with Crippen LogP contribution in [0.3, 0.4) is 0 Å². The van der Waals surface area contributed by atoms with Gasteiger partial charge in [0.15, 0.2) is 0 Å². The fourth-order valence-electron chi connectivity index (χ4n) is 6.22. The summed E-state index contributed by atoms with van der Waals surface area (Å²) in [5, 5.41) is 10.9. The van der Waals surface area contributed by atoms with E-state index in [2.05, 4.69) is 54.6 Å². The van der Waals surface area contributed by atoms with Crippen LogP contribution in [0.4, 0.5) is 5.69 Å². The van der Waals surface area contributed by atoms with Crippen LogP contribution in [0.5, 0.6) is 11.5 Å². The highest BCUT2D eigenvalue weighted by Crippen LogP contribution is 2.45. The van der Waals surface area contributed by atoms with E-state index in [0.717, 1.165) is 55.7 Å². The molecule has 6 nitrogen and oxygen atoms in total. The average Bonchev–Trinajstić information content (AvgIpc) is 3.64. The molecule has 0 saturated carbocycles. The number of hydrogen-bond acceptors (Lipinski definition) is 5. The van der Waals surface area contributed by atoms with Gasteiger partial charge in [-0.2, -0.15) is 0 Å². The van der Waals surface area contributed by atoms with E-state index >= 15 is 0 Å². The molecule has 2 N–H and O–H groups in total. The number of aromatic carboxylic acids is 1. The summed E-state index contributed by atoms with van der Waals surface area (Å²) < 4.78 is 6.15. The van der Waals surface area contributed by atoms with Gasteiger partial charge in [-0.15, -0.1) is 11.3 Å². The first-order chi connectivity index (χ1) is 20.1. The van der Waals surface area contributed by atoms with Crippen molar-refractivity contribution in [1.29, 1.82) is 0 Å². The van der Waals surface area contributed by atoms with E-state index in [1.165, 1.54) is 22.6 Å². The Labute approximate surface area is 252 Å². The van der Waals surface area contributed by atoms with Crippen LogP contribution in [0.2, 0.25) is 0 Å². The molecular formula is C35H41N3O3S. The molecule has 1 saturated heterocycles. The molecule has 1 fully saturated rings. The molecule has 220 valence electrons. The van der Waals surface area contributed by atoms with Gasteiger partial charge in [0.25, 0.3) is 0 Å². The zero-order valence-corrected chi connectivity index (χ0v) is 25.9. The molecule has 42 heavy (non-hydrogen) atoms. The van der Waals surface area contributed by atoms with Gasteiger partial charge in [0, 0.05) is 71.3 Å². The summed E-state index contributed by atoms with van der Waals surface area (Å²) in [6, 6.07) is 17.9. The van der Waals surface area contributed by atoms with Gasteiger partial charge >= 0.3 is 5.97 Å². The maximum atomic E-state index is 12.0. The number of anilines is 1. The Kier molecular flexibility index (Phi) is 7.90. The number of piperazine rings is 1. The number of benzene rings is 2. The molecule has 2 aromatic heterocycles. The van der Waals surface area contributed by atoms with Crippen molar-refractivity contribution in [2.75, 3.05) is 37.6 Å². The SMILES string of the molecule is CC(C)c1ccc(C2=C(CN3CCN(c4ccc(C(=O)O)c(Oc5ccc6[nH]ccc6c5)c4)CC3)CCC(C)(C)C2)s1. The number of ether oxygens (including phenoxy) is 1. The van der Waals surface area contributed by atoms with E-state index in [9.17, 15) is 9.90 Å². The highest BCUT2D eigenvalue weighted by molar-refractivity contribution is 7.13. The number of fused-ring (bicyclic) bond motifs is 1. The second-order valence-corrected chi connectivity index (χ2v) is 14.0. The van der Waals surface area contributed by atoms with E-state index in [1.807, 2.05) is 53.9 Å². The predicted octanol–water partition coefficient (Wildman–Crippen LogP) is 8.63. The van der Waals surface area contributed by atoms with Crippen LogP contribution in [0.1, 0.15) is 73.0 Å². The van der Waals surface area contributed by atoms with Crippen LogP contribution in [0.15, 0.2) is 66.4 Å². The lowest BCUT2D eigenvalue weighted by atomic mass is 9.74. The molecule has 0 unspecified atom stereocenters. The number of nitrogens with zero attached hydrogens (tertiary/aromatic N) is 2. The molecule has 2 aliphatic rings. The van der Waals surface area contributed by atoms with Gasteiger partial charge in [0.05, 0.1) is 0 Å². The molecule has 1 aliphatic heterocycles. The number of aromatic nitrogens is 1. The molecule has 0 spiro atoms. The summed E-state index contributed by atoms with van der Waals surface area (Å²) in [4.78, 5) is 23.0. The molecule has 0 amide bonds. The fourth-order valence-corrected chi connectivity index (χ4v) is 7.32. The van der Waals surface area contributed by atoms with Crippen molar-refractivity contribution in [1.82, 2.24) is 9.88 Å². The third-order valence-electron chi connectivity index (χ3n) is 8.78. The number of hydrogen-bond donors (Lipinski definition) is 2. The predicted molar refractivity (Wildman–Crippen MR) is 173 cm³/mol. The van der Waals surface area contributed by atoms with E-state index in [-0.39, 0.29) is 5.56 Å². The molecular weight excluding hydrogens is 542 g/mol. The van der Waals surface area contributed by atoms with E-state index in [1.54, 1.807) is 17.2 Å². The van der Waals surface area contributed by atoms with Crippen LogP contribution >= 0.6 is 11.3 Å². The number of carbonyl (C=O) groups is 1. The number of rotatable bonds is 8. The Bertz CT molecular complexity index is 1620. The van der Waals surface area contributed by atoms with Gasteiger partial charge in [-0.1, -0.05) is 33.3 Å². The Morgan fingerprint density at radius 1 is 1.05 bits per heavy atom. The molecule has 0 bridgehead atoms. The summed E-state index contributed by atoms with van der Waals surface area (Å²) >= 11 is 1.98. The van der Waals surface area contributed by atoms with Gasteiger partial charge < -0.3 is 19.7 Å². The smallest absolute Gasteiger partial charge is 0.339 e. The summed E-state index contributed by atoms with van der Waals surface area (Å²) in [5.74, 6) is 0.567. The van der Waals surface area contributed by atoms with Gasteiger partial charge in [-0.05, 0) is 84.7 Å². The number of H-pyrrole nitrogens is 1. The van der Waals surface area contributed by atoms with E-state index in [0.29, 0.717) is 22.8 Å². The van der Waals surface area contributed by atoms with Crippen molar-refractivity contribution >= 4 is 39.5 Å². The van der Waals surface area contributed by atoms with Gasteiger partial charge in [-0.3, -0.25) is 4.90 Å². The first-order valence-corrected chi connectivity index (χ1v) is 15.9.